The van der Waals surface area contributed by atoms with E-state index in [4.69, 9.17) is 0 Å². The number of fused-ring (bicyclic) bond motifs is 8. The molecule has 0 aliphatic heterocycles. The van der Waals surface area contributed by atoms with Gasteiger partial charge >= 0.3 is 0 Å². The Hall–Kier alpha value is -8.14. The zero-order chi connectivity index (χ0) is 47.0. The Morgan fingerprint density at radius 1 is 0.435 bits per heavy atom. The van der Waals surface area contributed by atoms with Gasteiger partial charge in [-0.2, -0.15) is 0 Å². The lowest BCUT2D eigenvalue weighted by atomic mass is 9.81. The van der Waals surface area contributed by atoms with Crippen LogP contribution in [0.15, 0.2) is 224 Å². The molecule has 10 aromatic carbocycles. The Labute approximate surface area is 406 Å². The van der Waals surface area contributed by atoms with Gasteiger partial charge < -0.3 is 14.4 Å². The number of aryl methyl sites for hydroxylation is 1. The van der Waals surface area contributed by atoms with Gasteiger partial charge in [-0.05, 0) is 159 Å². The molecule has 11 aromatic rings. The summed E-state index contributed by atoms with van der Waals surface area (Å²) in [7, 11) is 0. The van der Waals surface area contributed by atoms with Crippen LogP contribution in [0.3, 0.4) is 0 Å². The van der Waals surface area contributed by atoms with Crippen molar-refractivity contribution < 1.29 is 0 Å². The molecule has 3 nitrogen and oxygen atoms in total. The van der Waals surface area contributed by atoms with Crippen molar-refractivity contribution in [1.82, 2.24) is 4.57 Å². The number of hydrogen-bond acceptors (Lipinski definition) is 2. The molecule has 0 radical (unpaired) electrons. The zero-order valence-corrected chi connectivity index (χ0v) is 40.2. The Morgan fingerprint density at radius 3 is 1.68 bits per heavy atom. The van der Waals surface area contributed by atoms with Gasteiger partial charge in [0.1, 0.15) is 0 Å². The maximum atomic E-state index is 2.47. The summed E-state index contributed by atoms with van der Waals surface area (Å²) in [5.41, 5.74) is 20.4. The van der Waals surface area contributed by atoms with Crippen LogP contribution >= 0.6 is 0 Å². The van der Waals surface area contributed by atoms with Crippen LogP contribution in [-0.4, -0.2) is 4.57 Å². The molecule has 1 aliphatic rings. The van der Waals surface area contributed by atoms with E-state index >= 15 is 0 Å². The van der Waals surface area contributed by atoms with E-state index in [9.17, 15) is 0 Å². The lowest BCUT2D eigenvalue weighted by molar-refractivity contribution is 0.590. The van der Waals surface area contributed by atoms with Gasteiger partial charge in [0.05, 0.1) is 16.7 Å². The summed E-state index contributed by atoms with van der Waals surface area (Å²) in [5, 5.41) is 5.05. The minimum atomic E-state index is -0.208. The zero-order valence-electron chi connectivity index (χ0n) is 40.2. The van der Waals surface area contributed by atoms with Crippen molar-refractivity contribution in [2.75, 3.05) is 9.80 Å². The minimum Gasteiger partial charge on any atom is -0.311 e. The smallest absolute Gasteiger partial charge is 0.0547 e. The average Bonchev–Trinajstić information content (AvgIpc) is 3.84. The molecule has 0 saturated carbocycles. The maximum absolute atomic E-state index is 2.47. The van der Waals surface area contributed by atoms with Crippen LogP contribution in [0.4, 0.5) is 34.1 Å². The van der Waals surface area contributed by atoms with Crippen molar-refractivity contribution in [2.45, 2.75) is 52.4 Å². The number of rotatable bonds is 8. The van der Waals surface area contributed by atoms with Gasteiger partial charge in [0.2, 0.25) is 0 Å². The summed E-state index contributed by atoms with van der Waals surface area (Å²) in [4.78, 5) is 4.84. The van der Waals surface area contributed by atoms with Gasteiger partial charge in [-0.3, -0.25) is 0 Å². The summed E-state index contributed by atoms with van der Waals surface area (Å²) >= 11 is 0. The lowest BCUT2D eigenvalue weighted by Crippen LogP contribution is -2.20. The van der Waals surface area contributed by atoms with E-state index in [0.29, 0.717) is 0 Å². The van der Waals surface area contributed by atoms with E-state index in [-0.39, 0.29) is 10.8 Å². The predicted molar refractivity (Wildman–Crippen MR) is 294 cm³/mol. The topological polar surface area (TPSA) is 11.4 Å². The second-order valence-corrected chi connectivity index (χ2v) is 20.3. The van der Waals surface area contributed by atoms with Crippen LogP contribution in [0, 0.1) is 6.92 Å². The summed E-state index contributed by atoms with van der Waals surface area (Å²) in [5.74, 6) is 0. The third-order valence-corrected chi connectivity index (χ3v) is 14.6. The van der Waals surface area contributed by atoms with Crippen LogP contribution in [0.5, 0.6) is 0 Å². The van der Waals surface area contributed by atoms with Crippen LogP contribution in [0.2, 0.25) is 0 Å². The molecule has 0 spiro atoms. The van der Waals surface area contributed by atoms with Gasteiger partial charge in [0.25, 0.3) is 0 Å². The van der Waals surface area contributed by atoms with Crippen LogP contribution < -0.4 is 9.80 Å². The molecule has 1 aliphatic carbocycles. The fourth-order valence-corrected chi connectivity index (χ4v) is 11.1. The van der Waals surface area contributed by atoms with Gasteiger partial charge in [-0.15, -0.1) is 0 Å². The van der Waals surface area contributed by atoms with E-state index in [1.807, 2.05) is 0 Å². The van der Waals surface area contributed by atoms with E-state index < -0.39 is 0 Å². The van der Waals surface area contributed by atoms with Crippen molar-refractivity contribution in [3.8, 4) is 27.9 Å². The van der Waals surface area contributed by atoms with Crippen molar-refractivity contribution in [2.24, 2.45) is 0 Å². The second kappa shape index (κ2) is 16.3. The molecule has 0 saturated heterocycles. The van der Waals surface area contributed by atoms with E-state index in [2.05, 4.69) is 280 Å². The first kappa shape index (κ1) is 42.2. The molecule has 0 N–H and O–H groups in total. The molecule has 69 heavy (non-hydrogen) atoms. The number of aromatic nitrogens is 1. The second-order valence-electron chi connectivity index (χ2n) is 20.3. The number of benzene rings is 10. The van der Waals surface area contributed by atoms with Crippen molar-refractivity contribution >= 4 is 66.7 Å². The van der Waals surface area contributed by atoms with Gasteiger partial charge in [0.15, 0.2) is 0 Å². The molecule has 12 rings (SSSR count). The fraction of sp³-hybridized carbons (Fsp3) is 0.121. The minimum absolute atomic E-state index is 0.0667. The molecule has 1 heterocycles. The molecule has 0 fully saturated rings. The quantitative estimate of drug-likeness (QED) is 0.151. The molecule has 334 valence electrons. The fourth-order valence-electron chi connectivity index (χ4n) is 11.1. The molecule has 1 aromatic heterocycles. The van der Waals surface area contributed by atoms with Crippen LogP contribution in [0.25, 0.3) is 60.5 Å². The van der Waals surface area contributed by atoms with Crippen molar-refractivity contribution in [1.29, 1.82) is 0 Å². The van der Waals surface area contributed by atoms with Gasteiger partial charge in [0, 0.05) is 50.3 Å². The Morgan fingerprint density at radius 2 is 0.986 bits per heavy atom. The number of anilines is 6. The molecule has 0 bridgehead atoms. The first-order valence-corrected chi connectivity index (χ1v) is 24.3. The van der Waals surface area contributed by atoms with E-state index in [0.717, 1.165) is 34.1 Å². The largest absolute Gasteiger partial charge is 0.311 e. The molecule has 0 amide bonds. The lowest BCUT2D eigenvalue weighted by Gasteiger charge is -2.33. The Bertz CT molecular complexity index is 3700. The number of para-hydroxylation sites is 1. The Kier molecular flexibility index (Phi) is 9.97. The van der Waals surface area contributed by atoms with E-state index in [1.165, 1.54) is 82.8 Å². The first-order valence-electron chi connectivity index (χ1n) is 24.3. The predicted octanol–water partition coefficient (Wildman–Crippen LogP) is 18.5. The monoisotopic (exact) mass is 889 g/mol. The highest BCUT2D eigenvalue weighted by molar-refractivity contribution is 6.22. The third kappa shape index (κ3) is 7.11. The maximum Gasteiger partial charge on any atom is 0.0547 e. The Balaban J connectivity index is 0.989. The molecule has 0 unspecified atom stereocenters. The summed E-state index contributed by atoms with van der Waals surface area (Å²) in [6, 6.07) is 83.1. The SMILES string of the molecule is Cc1ccc(N(c2ccc(N(c3ccc(-c4ccc5c(c4)c4c6ccccc6ccc4n5-c4ccccc4)cc3)c3cccc4c3C(C)(C)c3ccccc3-4)cc2)c2ccc(C(C)(C)C)cc2)cc1. The molecule has 0 atom stereocenters. The highest BCUT2D eigenvalue weighted by atomic mass is 15.2. The van der Waals surface area contributed by atoms with Gasteiger partial charge in [-0.1, -0.05) is 168 Å². The summed E-state index contributed by atoms with van der Waals surface area (Å²) in [6.07, 6.45) is 0. The average molecular weight is 890 g/mol. The van der Waals surface area contributed by atoms with Crippen LogP contribution in [0.1, 0.15) is 56.9 Å². The third-order valence-electron chi connectivity index (χ3n) is 14.6. The van der Waals surface area contributed by atoms with Crippen LogP contribution in [-0.2, 0) is 10.8 Å². The first-order chi connectivity index (χ1) is 33.5. The number of hydrogen-bond donors (Lipinski definition) is 0. The normalized spacial score (nSPS) is 12.9. The van der Waals surface area contributed by atoms with Crippen molar-refractivity contribution in [3.63, 3.8) is 0 Å². The highest BCUT2D eigenvalue weighted by Crippen LogP contribution is 2.54. The highest BCUT2D eigenvalue weighted by Gasteiger charge is 2.38. The van der Waals surface area contributed by atoms with E-state index in [1.54, 1.807) is 0 Å². The summed E-state index contributed by atoms with van der Waals surface area (Å²) < 4.78 is 2.41. The number of nitrogens with zero attached hydrogens (tertiary/aromatic N) is 3. The molecule has 3 heteroatoms. The summed E-state index contributed by atoms with van der Waals surface area (Å²) in [6.45, 7) is 13.7. The van der Waals surface area contributed by atoms with Crippen molar-refractivity contribution in [3.05, 3.63) is 247 Å². The standard InChI is InChI=1S/C66H55N3/c1-44-23-31-50(32-24-44)67(51-35-29-48(30-36-51)65(2,3)4)52-37-39-54(40-38-52)68(62-22-14-20-57-56-19-12-13-21-59(56)66(5,6)64(57)62)53-33-25-45(26-34-53)47-28-41-60-58(43-47)63-55-18-11-10-15-46(55)27-42-61(63)69(60)49-16-8-7-9-17-49/h7-43H,1-6H3. The van der Waals surface area contributed by atoms with Gasteiger partial charge in [-0.25, -0.2) is 0 Å². The molecular weight excluding hydrogens is 835 g/mol. The molecular formula is C66H55N3.